The predicted octanol–water partition coefficient (Wildman–Crippen LogP) is 2.94. The molecule has 1 aliphatic rings. The number of hydrogen-bond donors (Lipinski definition) is 1. The van der Waals surface area contributed by atoms with Crippen LogP contribution in [0, 0.1) is 11.8 Å². The van der Waals surface area contributed by atoms with Crippen LogP contribution in [0.15, 0.2) is 23.9 Å². The van der Waals surface area contributed by atoms with Crippen molar-refractivity contribution in [3.05, 3.63) is 23.9 Å². The number of nitrogens with one attached hydrogen (secondary N) is 1. The molecule has 0 aromatic rings. The summed E-state index contributed by atoms with van der Waals surface area (Å²) in [6.07, 6.45) is 8.65. The van der Waals surface area contributed by atoms with Crippen molar-refractivity contribution in [1.29, 1.82) is 0 Å². The molecule has 4 nitrogen and oxygen atoms in total. The van der Waals surface area contributed by atoms with E-state index in [2.05, 4.69) is 5.32 Å². The van der Waals surface area contributed by atoms with Crippen molar-refractivity contribution in [2.45, 2.75) is 52.9 Å². The first-order valence-electron chi connectivity index (χ1n) is 7.68. The highest BCUT2D eigenvalue weighted by atomic mass is 16.2. The number of carbonyl (C=O) groups excluding carboxylic acids is 3. The van der Waals surface area contributed by atoms with Gasteiger partial charge in [-0.15, -0.1) is 0 Å². The largest absolute Gasteiger partial charge is 0.325 e. The van der Waals surface area contributed by atoms with E-state index >= 15 is 0 Å². The summed E-state index contributed by atoms with van der Waals surface area (Å²) >= 11 is 0. The highest BCUT2D eigenvalue weighted by molar-refractivity contribution is 6.19. The Morgan fingerprint density at radius 2 is 1.90 bits per heavy atom. The molecule has 0 saturated heterocycles. The smallest absolute Gasteiger partial charge is 0.242 e. The first-order valence-corrected chi connectivity index (χ1v) is 7.68. The molecule has 1 unspecified atom stereocenters. The summed E-state index contributed by atoms with van der Waals surface area (Å²) in [7, 11) is 0. The van der Waals surface area contributed by atoms with Crippen LogP contribution in [-0.2, 0) is 14.4 Å². The van der Waals surface area contributed by atoms with Gasteiger partial charge in [0.2, 0.25) is 5.91 Å². The Morgan fingerprint density at radius 3 is 2.43 bits per heavy atom. The van der Waals surface area contributed by atoms with E-state index in [4.69, 9.17) is 0 Å². The van der Waals surface area contributed by atoms with Crippen molar-refractivity contribution in [2.75, 3.05) is 0 Å². The van der Waals surface area contributed by atoms with Crippen molar-refractivity contribution in [2.24, 2.45) is 11.8 Å². The molecule has 0 bridgehead atoms. The van der Waals surface area contributed by atoms with E-state index in [9.17, 15) is 14.4 Å². The molecular formula is C17H25NO3. The fraction of sp³-hybridized carbons (Fsp3) is 0.588. The van der Waals surface area contributed by atoms with Crippen LogP contribution in [0.25, 0.3) is 0 Å². The van der Waals surface area contributed by atoms with Gasteiger partial charge in [0.15, 0.2) is 17.5 Å². The third-order valence-corrected chi connectivity index (χ3v) is 3.27. The maximum absolute atomic E-state index is 12.3. The zero-order valence-electron chi connectivity index (χ0n) is 13.1. The molecule has 0 spiro atoms. The summed E-state index contributed by atoms with van der Waals surface area (Å²) in [6.45, 7) is 5.68. The topological polar surface area (TPSA) is 63.2 Å². The normalized spacial score (nSPS) is 15.5. The van der Waals surface area contributed by atoms with Crippen LogP contribution in [0.3, 0.4) is 0 Å². The van der Waals surface area contributed by atoms with Gasteiger partial charge in [0.05, 0.1) is 0 Å². The van der Waals surface area contributed by atoms with Gasteiger partial charge in [0.1, 0.15) is 0 Å². The zero-order chi connectivity index (χ0) is 15.8. The summed E-state index contributed by atoms with van der Waals surface area (Å²) in [5, 5.41) is 2.71. The number of rotatable bonds is 8. The number of amides is 1. The number of allylic oxidation sites excluding steroid dienone is 3. The predicted molar refractivity (Wildman–Crippen MR) is 82.5 cm³/mol. The van der Waals surface area contributed by atoms with Gasteiger partial charge < -0.3 is 5.32 Å². The third kappa shape index (κ3) is 5.66. The fourth-order valence-corrected chi connectivity index (χ4v) is 2.30. The lowest BCUT2D eigenvalue weighted by molar-refractivity contribution is -0.140. The molecule has 0 aromatic carbocycles. The Bertz CT molecular complexity index is 461. The summed E-state index contributed by atoms with van der Waals surface area (Å²) in [5.74, 6) is -2.07. The van der Waals surface area contributed by atoms with Gasteiger partial charge in [-0.1, -0.05) is 32.9 Å². The van der Waals surface area contributed by atoms with Crippen molar-refractivity contribution in [1.82, 2.24) is 5.32 Å². The fourth-order valence-electron chi connectivity index (χ4n) is 2.30. The second kappa shape index (κ2) is 8.55. The molecule has 0 fully saturated rings. The monoisotopic (exact) mass is 291 g/mol. The van der Waals surface area contributed by atoms with Crippen LogP contribution >= 0.6 is 0 Å². The summed E-state index contributed by atoms with van der Waals surface area (Å²) < 4.78 is 0. The van der Waals surface area contributed by atoms with Gasteiger partial charge in [-0.2, -0.15) is 0 Å². The average Bonchev–Trinajstić information content (AvgIpc) is 2.39. The minimum Gasteiger partial charge on any atom is -0.325 e. The van der Waals surface area contributed by atoms with Gasteiger partial charge in [-0.25, -0.2) is 0 Å². The second-order valence-electron chi connectivity index (χ2n) is 5.84. The van der Waals surface area contributed by atoms with Gasteiger partial charge in [0.25, 0.3) is 0 Å². The van der Waals surface area contributed by atoms with Crippen molar-refractivity contribution < 1.29 is 14.4 Å². The van der Waals surface area contributed by atoms with E-state index in [1.807, 2.05) is 39.0 Å². The van der Waals surface area contributed by atoms with Crippen molar-refractivity contribution in [3.63, 3.8) is 0 Å². The van der Waals surface area contributed by atoms with E-state index < -0.39 is 11.8 Å². The van der Waals surface area contributed by atoms with E-state index in [1.54, 1.807) is 0 Å². The van der Waals surface area contributed by atoms with Gasteiger partial charge in [0, 0.05) is 18.5 Å². The highest BCUT2D eigenvalue weighted by Gasteiger charge is 2.33. The SMILES string of the molecule is CCCC(=O)C(C(=O)CC(C)C)C(=O)NC1=CCCC=C1. The van der Waals surface area contributed by atoms with Gasteiger partial charge in [-0.05, 0) is 31.3 Å². The lowest BCUT2D eigenvalue weighted by Gasteiger charge is -2.17. The number of hydrogen-bond acceptors (Lipinski definition) is 3. The van der Waals surface area contributed by atoms with E-state index in [-0.39, 0.29) is 30.3 Å². The van der Waals surface area contributed by atoms with E-state index in [1.165, 1.54) is 0 Å². The van der Waals surface area contributed by atoms with Crippen LogP contribution < -0.4 is 5.32 Å². The molecule has 1 amide bonds. The zero-order valence-corrected chi connectivity index (χ0v) is 13.1. The molecule has 116 valence electrons. The minimum atomic E-state index is -1.16. The Kier molecular flexibility index (Phi) is 7.06. The first-order chi connectivity index (χ1) is 9.95. The van der Waals surface area contributed by atoms with Crippen LogP contribution in [0.2, 0.25) is 0 Å². The maximum atomic E-state index is 12.3. The van der Waals surface area contributed by atoms with E-state index in [0.717, 1.165) is 12.8 Å². The Balaban J connectivity index is 2.81. The third-order valence-electron chi connectivity index (χ3n) is 3.27. The summed E-state index contributed by atoms with van der Waals surface area (Å²) in [4.78, 5) is 36.7. The molecule has 0 aliphatic heterocycles. The Labute approximate surface area is 126 Å². The minimum absolute atomic E-state index is 0.135. The molecule has 0 saturated carbocycles. The Morgan fingerprint density at radius 1 is 1.19 bits per heavy atom. The standard InChI is InChI=1S/C17H25NO3/c1-4-8-14(19)16(15(20)11-12(2)3)17(21)18-13-9-6-5-7-10-13/h6,9-10,12,16H,4-5,7-8,11H2,1-3H3,(H,18,21). The summed E-state index contributed by atoms with van der Waals surface area (Å²) in [5.41, 5.74) is 0.679. The van der Waals surface area contributed by atoms with Crippen LogP contribution in [0.5, 0.6) is 0 Å². The molecule has 1 N–H and O–H groups in total. The molecule has 1 rings (SSSR count). The van der Waals surface area contributed by atoms with Crippen LogP contribution in [-0.4, -0.2) is 17.5 Å². The van der Waals surface area contributed by atoms with Gasteiger partial charge >= 0.3 is 0 Å². The maximum Gasteiger partial charge on any atom is 0.242 e. The number of carbonyl (C=O) groups is 3. The van der Waals surface area contributed by atoms with Gasteiger partial charge in [-0.3, -0.25) is 14.4 Å². The molecule has 4 heteroatoms. The molecule has 1 aliphatic carbocycles. The lowest BCUT2D eigenvalue weighted by atomic mass is 9.90. The average molecular weight is 291 g/mol. The van der Waals surface area contributed by atoms with E-state index in [0.29, 0.717) is 12.1 Å². The molecule has 21 heavy (non-hydrogen) atoms. The van der Waals surface area contributed by atoms with Crippen molar-refractivity contribution >= 4 is 17.5 Å². The number of Topliss-reactive ketones (excluding diaryl/α,β-unsaturated/α-hetero) is 2. The highest BCUT2D eigenvalue weighted by Crippen LogP contribution is 2.14. The summed E-state index contributed by atoms with van der Waals surface area (Å²) in [6, 6.07) is 0. The molecular weight excluding hydrogens is 266 g/mol. The lowest BCUT2D eigenvalue weighted by Crippen LogP contribution is -2.40. The first kappa shape index (κ1) is 17.3. The molecule has 0 radical (unpaired) electrons. The Hall–Kier alpha value is -1.71. The second-order valence-corrected chi connectivity index (χ2v) is 5.84. The van der Waals surface area contributed by atoms with Crippen LogP contribution in [0.4, 0.5) is 0 Å². The molecule has 1 atom stereocenters. The van der Waals surface area contributed by atoms with Crippen molar-refractivity contribution in [3.8, 4) is 0 Å². The quantitative estimate of drug-likeness (QED) is 0.699. The number of ketones is 2. The molecule has 0 aromatic heterocycles. The van der Waals surface area contributed by atoms with Crippen LogP contribution in [0.1, 0.15) is 52.9 Å². The molecule has 0 heterocycles.